The molecular weight excluding hydrogens is 294 g/mol. The number of aromatic hydroxyl groups is 1. The quantitative estimate of drug-likeness (QED) is 0.618. The molecule has 5 nitrogen and oxygen atoms in total. The molecule has 0 spiro atoms. The topological polar surface area (TPSA) is 66.8 Å². The average Bonchev–Trinajstić information content (AvgIpc) is 2.52. The lowest BCUT2D eigenvalue weighted by molar-refractivity contribution is -0.144. The summed E-state index contributed by atoms with van der Waals surface area (Å²) in [6.45, 7) is 6.13. The first-order chi connectivity index (χ1) is 11.0. The smallest absolute Gasteiger partial charge is 0.305 e. The van der Waals surface area contributed by atoms with Crippen LogP contribution in [-0.2, 0) is 16.0 Å². The molecule has 5 heteroatoms. The van der Waals surface area contributed by atoms with Gasteiger partial charge in [0.05, 0.1) is 12.2 Å². The van der Waals surface area contributed by atoms with Gasteiger partial charge >= 0.3 is 5.97 Å². The van der Waals surface area contributed by atoms with Gasteiger partial charge in [0.1, 0.15) is 5.75 Å². The van der Waals surface area contributed by atoms with Crippen molar-refractivity contribution in [3.05, 3.63) is 23.3 Å². The average molecular weight is 319 g/mol. The lowest BCUT2D eigenvalue weighted by Crippen LogP contribution is -2.30. The highest BCUT2D eigenvalue weighted by molar-refractivity contribution is 5.82. The maximum atomic E-state index is 11.7. The van der Waals surface area contributed by atoms with Crippen LogP contribution in [0.2, 0.25) is 0 Å². The second-order valence-corrected chi connectivity index (χ2v) is 6.43. The van der Waals surface area contributed by atoms with Crippen LogP contribution in [0.25, 0.3) is 0 Å². The number of anilines is 1. The molecule has 1 aromatic carbocycles. The van der Waals surface area contributed by atoms with Crippen molar-refractivity contribution < 1.29 is 19.4 Å². The van der Waals surface area contributed by atoms with E-state index in [1.165, 1.54) is 0 Å². The van der Waals surface area contributed by atoms with Crippen LogP contribution >= 0.6 is 0 Å². The van der Waals surface area contributed by atoms with E-state index in [4.69, 9.17) is 4.74 Å². The highest BCUT2D eigenvalue weighted by atomic mass is 16.5. The van der Waals surface area contributed by atoms with Crippen molar-refractivity contribution in [1.82, 2.24) is 0 Å². The van der Waals surface area contributed by atoms with E-state index in [9.17, 15) is 14.7 Å². The summed E-state index contributed by atoms with van der Waals surface area (Å²) >= 11 is 0. The second-order valence-electron chi connectivity index (χ2n) is 6.43. The number of carbonyl (C=O) groups is 2. The van der Waals surface area contributed by atoms with Gasteiger partial charge in [-0.3, -0.25) is 9.59 Å². The first kappa shape index (κ1) is 17.3. The lowest BCUT2D eigenvalue weighted by atomic mass is 9.98. The number of benzene rings is 1. The van der Waals surface area contributed by atoms with Crippen molar-refractivity contribution in [1.29, 1.82) is 0 Å². The highest BCUT2D eigenvalue weighted by Crippen LogP contribution is 2.32. The van der Waals surface area contributed by atoms with Gasteiger partial charge in [0.25, 0.3) is 0 Å². The summed E-state index contributed by atoms with van der Waals surface area (Å²) in [5.41, 5.74) is 2.39. The fourth-order valence-corrected chi connectivity index (χ4v) is 2.79. The predicted molar refractivity (Wildman–Crippen MR) is 89.1 cm³/mol. The van der Waals surface area contributed by atoms with Crippen LogP contribution in [0.1, 0.15) is 49.0 Å². The summed E-state index contributed by atoms with van der Waals surface area (Å²) in [5, 5.41) is 9.89. The van der Waals surface area contributed by atoms with Crippen molar-refractivity contribution in [3.63, 3.8) is 0 Å². The fourth-order valence-electron chi connectivity index (χ4n) is 2.79. The third-order valence-corrected chi connectivity index (χ3v) is 3.96. The van der Waals surface area contributed by atoms with Crippen LogP contribution in [0.3, 0.4) is 0 Å². The zero-order chi connectivity index (χ0) is 16.8. The summed E-state index contributed by atoms with van der Waals surface area (Å²) in [6.07, 6.45) is 3.71. The van der Waals surface area contributed by atoms with Crippen molar-refractivity contribution in [2.75, 3.05) is 24.6 Å². The lowest BCUT2D eigenvalue weighted by Gasteiger charge is -2.31. The monoisotopic (exact) mass is 319 g/mol. The molecule has 0 fully saturated rings. The number of phenols is 1. The third kappa shape index (κ3) is 4.71. The molecule has 0 amide bonds. The molecule has 2 rings (SSSR count). The van der Waals surface area contributed by atoms with Crippen molar-refractivity contribution in [3.8, 4) is 5.75 Å². The van der Waals surface area contributed by atoms with Gasteiger partial charge in [-0.1, -0.05) is 13.8 Å². The minimum atomic E-state index is -0.157. The maximum absolute atomic E-state index is 11.7. The number of hydrogen-bond acceptors (Lipinski definition) is 5. The van der Waals surface area contributed by atoms with E-state index in [2.05, 4.69) is 4.90 Å². The summed E-state index contributed by atoms with van der Waals surface area (Å²) in [7, 11) is 0. The fraction of sp³-hybridized carbons (Fsp3) is 0.556. The Hall–Kier alpha value is -2.04. The van der Waals surface area contributed by atoms with Crippen molar-refractivity contribution in [2.24, 2.45) is 5.92 Å². The molecule has 1 N–H and O–H groups in total. The van der Waals surface area contributed by atoms with Crippen LogP contribution in [0.5, 0.6) is 5.75 Å². The van der Waals surface area contributed by atoms with Crippen LogP contribution in [0.4, 0.5) is 5.69 Å². The van der Waals surface area contributed by atoms with Gasteiger partial charge in [0.2, 0.25) is 0 Å². The number of fused-ring (bicyclic) bond motifs is 1. The van der Waals surface area contributed by atoms with Gasteiger partial charge in [0, 0.05) is 31.3 Å². The van der Waals surface area contributed by atoms with Gasteiger partial charge in [-0.25, -0.2) is 0 Å². The van der Waals surface area contributed by atoms with E-state index in [0.29, 0.717) is 37.2 Å². The number of hydrogen-bond donors (Lipinski definition) is 1. The van der Waals surface area contributed by atoms with Crippen molar-refractivity contribution in [2.45, 2.75) is 39.5 Å². The summed E-state index contributed by atoms with van der Waals surface area (Å²) in [6, 6.07) is 3.43. The molecule has 0 aliphatic carbocycles. The predicted octanol–water partition coefficient (Wildman–Crippen LogP) is 2.94. The Kier molecular flexibility index (Phi) is 6.02. The molecule has 1 aromatic rings. The van der Waals surface area contributed by atoms with E-state index in [-0.39, 0.29) is 11.7 Å². The Labute approximate surface area is 137 Å². The molecule has 126 valence electrons. The third-order valence-electron chi connectivity index (χ3n) is 3.96. The van der Waals surface area contributed by atoms with E-state index < -0.39 is 0 Å². The number of phenolic OH excluding ortho intramolecular Hbond substituents is 1. The summed E-state index contributed by atoms with van der Waals surface area (Å²) < 4.78 is 5.18. The maximum Gasteiger partial charge on any atom is 0.305 e. The standard InChI is InChI=1S/C18H25NO4/c1-13(2)12-23-18(22)6-4-8-19-7-3-5-14-9-15(11-20)17(21)10-16(14)19/h9-11,13,21H,3-8,12H2,1-2H3. The molecule has 0 atom stereocenters. The van der Waals surface area contributed by atoms with Crippen LogP contribution < -0.4 is 4.90 Å². The van der Waals surface area contributed by atoms with Crippen molar-refractivity contribution >= 4 is 17.9 Å². The first-order valence-corrected chi connectivity index (χ1v) is 8.23. The minimum Gasteiger partial charge on any atom is -0.507 e. The summed E-state index contributed by atoms with van der Waals surface area (Å²) in [4.78, 5) is 24.7. The molecule has 1 aliphatic rings. The largest absolute Gasteiger partial charge is 0.507 e. The first-order valence-electron chi connectivity index (χ1n) is 8.23. The molecule has 0 radical (unpaired) electrons. The normalized spacial score (nSPS) is 13.8. The Bertz CT molecular complexity index is 568. The van der Waals surface area contributed by atoms with E-state index >= 15 is 0 Å². The molecule has 1 aliphatic heterocycles. The number of ether oxygens (including phenoxy) is 1. The number of carbonyl (C=O) groups excluding carboxylic acids is 2. The van der Waals surface area contributed by atoms with Crippen LogP contribution in [-0.4, -0.2) is 37.1 Å². The Morgan fingerprint density at radius 2 is 2.22 bits per heavy atom. The summed E-state index contributed by atoms with van der Waals surface area (Å²) in [5.74, 6) is 0.208. The Morgan fingerprint density at radius 1 is 1.43 bits per heavy atom. The number of nitrogens with zero attached hydrogens (tertiary/aromatic N) is 1. The van der Waals surface area contributed by atoms with Gasteiger partial charge < -0.3 is 14.7 Å². The molecule has 23 heavy (non-hydrogen) atoms. The van der Waals surface area contributed by atoms with E-state index in [1.807, 2.05) is 13.8 Å². The molecular formula is C18H25NO4. The van der Waals surface area contributed by atoms with Crippen LogP contribution in [0.15, 0.2) is 12.1 Å². The highest BCUT2D eigenvalue weighted by Gasteiger charge is 2.19. The number of aryl methyl sites for hydroxylation is 1. The van der Waals surface area contributed by atoms with Gasteiger partial charge in [-0.15, -0.1) is 0 Å². The molecule has 0 aromatic heterocycles. The molecule has 1 heterocycles. The molecule has 0 saturated heterocycles. The van der Waals surface area contributed by atoms with E-state index in [1.54, 1.807) is 12.1 Å². The molecule has 0 saturated carbocycles. The molecule has 0 bridgehead atoms. The molecule has 0 unspecified atom stereocenters. The van der Waals surface area contributed by atoms with Gasteiger partial charge in [-0.05, 0) is 36.8 Å². The van der Waals surface area contributed by atoms with Gasteiger partial charge in [-0.2, -0.15) is 0 Å². The van der Waals surface area contributed by atoms with E-state index in [0.717, 1.165) is 37.2 Å². The number of aldehydes is 1. The van der Waals surface area contributed by atoms with Crippen LogP contribution in [0, 0.1) is 5.92 Å². The van der Waals surface area contributed by atoms with Gasteiger partial charge in [0.15, 0.2) is 6.29 Å². The SMILES string of the molecule is CC(C)COC(=O)CCCN1CCCc2cc(C=O)c(O)cc21. The second kappa shape index (κ2) is 7.99. The Morgan fingerprint density at radius 3 is 2.91 bits per heavy atom. The zero-order valence-corrected chi connectivity index (χ0v) is 13.9. The minimum absolute atomic E-state index is 0.0157. The number of rotatable bonds is 7. The Balaban J connectivity index is 1.92. The number of esters is 1. The zero-order valence-electron chi connectivity index (χ0n) is 13.9.